The van der Waals surface area contributed by atoms with Gasteiger partial charge < -0.3 is 14.4 Å². The summed E-state index contributed by atoms with van der Waals surface area (Å²) in [7, 11) is -3.44. The zero-order chi connectivity index (χ0) is 17.3. The molecule has 0 saturated carbocycles. The standard InChI is InChI=1S/C16H22N2O5S/c1-12-3-4-14-13(11-12)18(24(2,20)21)6-5-15(23-14)16(19)17-7-9-22-10-8-17/h3-4,11,15H,5-10H2,1-2H3/t15-/m1/s1. The highest BCUT2D eigenvalue weighted by Gasteiger charge is 2.33. The van der Waals surface area contributed by atoms with E-state index >= 15 is 0 Å². The maximum absolute atomic E-state index is 12.7. The summed E-state index contributed by atoms with van der Waals surface area (Å²) in [6.45, 7) is 4.22. The SMILES string of the molecule is Cc1ccc2c(c1)N(S(C)(=O)=O)CC[C@H](C(=O)N1CCOCC1)O2. The zero-order valence-electron chi connectivity index (χ0n) is 13.9. The molecule has 0 unspecified atom stereocenters. The number of ether oxygens (including phenoxy) is 2. The van der Waals surface area contributed by atoms with Crippen LogP contribution in [0.5, 0.6) is 5.75 Å². The molecule has 3 rings (SSSR count). The minimum atomic E-state index is -3.44. The van der Waals surface area contributed by atoms with Crippen LogP contribution >= 0.6 is 0 Å². The molecule has 1 amide bonds. The Bertz CT molecular complexity index is 728. The monoisotopic (exact) mass is 354 g/mol. The van der Waals surface area contributed by atoms with Gasteiger partial charge >= 0.3 is 0 Å². The quantitative estimate of drug-likeness (QED) is 0.784. The van der Waals surface area contributed by atoms with Gasteiger partial charge in [-0.3, -0.25) is 9.10 Å². The first-order valence-electron chi connectivity index (χ1n) is 7.98. The molecule has 0 radical (unpaired) electrons. The van der Waals surface area contributed by atoms with E-state index in [4.69, 9.17) is 9.47 Å². The summed E-state index contributed by atoms with van der Waals surface area (Å²) in [5.41, 5.74) is 1.43. The van der Waals surface area contributed by atoms with Crippen molar-refractivity contribution in [1.82, 2.24) is 4.90 Å². The third-order valence-corrected chi connectivity index (χ3v) is 5.43. The average molecular weight is 354 g/mol. The van der Waals surface area contributed by atoms with E-state index in [0.29, 0.717) is 44.2 Å². The van der Waals surface area contributed by atoms with E-state index in [1.54, 1.807) is 17.0 Å². The molecule has 2 aliphatic rings. The van der Waals surface area contributed by atoms with Crippen LogP contribution in [0.25, 0.3) is 0 Å². The molecule has 0 aliphatic carbocycles. The van der Waals surface area contributed by atoms with Crippen molar-refractivity contribution >= 4 is 21.6 Å². The van der Waals surface area contributed by atoms with E-state index in [9.17, 15) is 13.2 Å². The van der Waals surface area contributed by atoms with Crippen molar-refractivity contribution in [3.8, 4) is 5.75 Å². The topological polar surface area (TPSA) is 76.2 Å². The number of sulfonamides is 1. The number of hydrogen-bond acceptors (Lipinski definition) is 5. The van der Waals surface area contributed by atoms with Gasteiger partial charge in [0.15, 0.2) is 6.10 Å². The van der Waals surface area contributed by atoms with Crippen molar-refractivity contribution in [2.24, 2.45) is 0 Å². The van der Waals surface area contributed by atoms with Gasteiger partial charge in [0.25, 0.3) is 5.91 Å². The van der Waals surface area contributed by atoms with E-state index in [2.05, 4.69) is 0 Å². The summed E-state index contributed by atoms with van der Waals surface area (Å²) in [6, 6.07) is 5.35. The predicted octanol–water partition coefficient (Wildman–Crippen LogP) is 0.771. The van der Waals surface area contributed by atoms with Gasteiger partial charge in [-0.05, 0) is 24.6 Å². The van der Waals surface area contributed by atoms with Crippen molar-refractivity contribution in [2.75, 3.05) is 43.4 Å². The van der Waals surface area contributed by atoms with E-state index in [-0.39, 0.29) is 12.5 Å². The fourth-order valence-electron chi connectivity index (χ4n) is 2.99. The number of nitrogens with zero attached hydrogens (tertiary/aromatic N) is 2. The first kappa shape index (κ1) is 17.0. The lowest BCUT2D eigenvalue weighted by molar-refractivity contribution is -0.142. The smallest absolute Gasteiger partial charge is 0.263 e. The van der Waals surface area contributed by atoms with Crippen LogP contribution in [-0.4, -0.2) is 64.4 Å². The van der Waals surface area contributed by atoms with Crippen molar-refractivity contribution in [2.45, 2.75) is 19.4 Å². The summed E-state index contributed by atoms with van der Waals surface area (Å²) < 4.78 is 36.8. The van der Waals surface area contributed by atoms with Crippen molar-refractivity contribution in [3.63, 3.8) is 0 Å². The fourth-order valence-corrected chi connectivity index (χ4v) is 3.93. The molecule has 7 nitrogen and oxygen atoms in total. The van der Waals surface area contributed by atoms with Gasteiger partial charge in [0, 0.05) is 26.1 Å². The van der Waals surface area contributed by atoms with Crippen LogP contribution in [0.3, 0.4) is 0 Å². The first-order valence-corrected chi connectivity index (χ1v) is 9.82. The molecule has 0 bridgehead atoms. The third kappa shape index (κ3) is 3.49. The molecule has 0 N–H and O–H groups in total. The number of rotatable bonds is 2. The highest BCUT2D eigenvalue weighted by molar-refractivity contribution is 7.92. The van der Waals surface area contributed by atoms with Crippen LogP contribution in [0.2, 0.25) is 0 Å². The molecule has 0 aromatic heterocycles. The van der Waals surface area contributed by atoms with Crippen LogP contribution in [0.4, 0.5) is 5.69 Å². The number of morpholine rings is 1. The highest BCUT2D eigenvalue weighted by atomic mass is 32.2. The second kappa shape index (κ2) is 6.60. The van der Waals surface area contributed by atoms with Gasteiger partial charge in [-0.25, -0.2) is 8.42 Å². The minimum absolute atomic E-state index is 0.111. The van der Waals surface area contributed by atoms with Crippen molar-refractivity contribution in [3.05, 3.63) is 23.8 Å². The van der Waals surface area contributed by atoms with Crippen molar-refractivity contribution < 1.29 is 22.7 Å². The number of carbonyl (C=O) groups is 1. The molecule has 1 fully saturated rings. The maximum atomic E-state index is 12.7. The Labute approximate surface area is 142 Å². The zero-order valence-corrected chi connectivity index (χ0v) is 14.7. The Hall–Kier alpha value is -1.80. The van der Waals surface area contributed by atoms with E-state index in [1.165, 1.54) is 10.6 Å². The molecule has 24 heavy (non-hydrogen) atoms. The predicted molar refractivity (Wildman–Crippen MR) is 89.8 cm³/mol. The number of benzene rings is 1. The Morgan fingerprint density at radius 3 is 2.58 bits per heavy atom. The largest absolute Gasteiger partial charge is 0.478 e. The minimum Gasteiger partial charge on any atom is -0.478 e. The van der Waals surface area contributed by atoms with E-state index < -0.39 is 16.1 Å². The molecular formula is C16H22N2O5S. The third-order valence-electron chi connectivity index (χ3n) is 4.25. The van der Waals surface area contributed by atoms with Crippen LogP contribution < -0.4 is 9.04 Å². The van der Waals surface area contributed by atoms with E-state index in [0.717, 1.165) is 5.56 Å². The lowest BCUT2D eigenvalue weighted by Gasteiger charge is -2.30. The highest BCUT2D eigenvalue weighted by Crippen LogP contribution is 2.35. The van der Waals surface area contributed by atoms with Gasteiger partial charge in [0.1, 0.15) is 5.75 Å². The Morgan fingerprint density at radius 2 is 1.92 bits per heavy atom. The number of aryl methyl sites for hydroxylation is 1. The van der Waals surface area contributed by atoms with Crippen LogP contribution in [0, 0.1) is 6.92 Å². The number of anilines is 1. The Balaban J connectivity index is 1.90. The molecule has 2 aliphatic heterocycles. The molecule has 1 atom stereocenters. The molecule has 1 saturated heterocycles. The number of fused-ring (bicyclic) bond motifs is 1. The van der Waals surface area contributed by atoms with Gasteiger partial charge in [-0.2, -0.15) is 0 Å². The summed E-state index contributed by atoms with van der Waals surface area (Å²) in [6.07, 6.45) is 0.802. The summed E-state index contributed by atoms with van der Waals surface area (Å²) in [4.78, 5) is 14.4. The number of hydrogen-bond donors (Lipinski definition) is 0. The molecule has 1 aromatic carbocycles. The average Bonchev–Trinajstić information content (AvgIpc) is 2.74. The van der Waals surface area contributed by atoms with E-state index in [1.807, 2.05) is 13.0 Å². The molecule has 1 aromatic rings. The first-order chi connectivity index (χ1) is 11.4. The van der Waals surface area contributed by atoms with Crippen LogP contribution in [0.15, 0.2) is 18.2 Å². The lowest BCUT2D eigenvalue weighted by Crippen LogP contribution is -2.47. The molecular weight excluding hydrogens is 332 g/mol. The number of amides is 1. The summed E-state index contributed by atoms with van der Waals surface area (Å²) in [5.74, 6) is 0.315. The molecule has 132 valence electrons. The van der Waals surface area contributed by atoms with Gasteiger partial charge in [0.05, 0.1) is 25.2 Å². The second-order valence-corrected chi connectivity index (χ2v) is 8.05. The van der Waals surface area contributed by atoms with Gasteiger partial charge in [-0.15, -0.1) is 0 Å². The Kier molecular flexibility index (Phi) is 4.69. The van der Waals surface area contributed by atoms with Gasteiger partial charge in [-0.1, -0.05) is 6.07 Å². The van der Waals surface area contributed by atoms with Crippen molar-refractivity contribution in [1.29, 1.82) is 0 Å². The molecule has 2 heterocycles. The van der Waals surface area contributed by atoms with Gasteiger partial charge in [0.2, 0.25) is 10.0 Å². The maximum Gasteiger partial charge on any atom is 0.263 e. The molecule has 8 heteroatoms. The van der Waals surface area contributed by atoms with Crippen LogP contribution in [0.1, 0.15) is 12.0 Å². The second-order valence-electron chi connectivity index (χ2n) is 6.14. The lowest BCUT2D eigenvalue weighted by atomic mass is 10.2. The normalized spacial score (nSPS) is 21.7. The summed E-state index contributed by atoms with van der Waals surface area (Å²) >= 11 is 0. The number of carbonyl (C=O) groups excluding carboxylic acids is 1. The Morgan fingerprint density at radius 1 is 1.21 bits per heavy atom. The fraction of sp³-hybridized carbons (Fsp3) is 0.562. The molecule has 0 spiro atoms. The summed E-state index contributed by atoms with van der Waals surface area (Å²) in [5, 5.41) is 0. The van der Waals surface area contributed by atoms with Crippen LogP contribution in [-0.2, 0) is 19.6 Å².